The zero-order valence-electron chi connectivity index (χ0n) is 28.9. The van der Waals surface area contributed by atoms with Crippen LogP contribution in [0, 0.1) is 0 Å². The van der Waals surface area contributed by atoms with Gasteiger partial charge >= 0.3 is 0 Å². The summed E-state index contributed by atoms with van der Waals surface area (Å²) in [6.45, 7) is 21.7. The molecule has 0 aromatic heterocycles. The minimum atomic E-state index is -1.62. The molecule has 0 radical (unpaired) electrons. The summed E-state index contributed by atoms with van der Waals surface area (Å²) in [5.41, 5.74) is 0. The number of benzene rings is 3. The molecule has 0 saturated heterocycles. The van der Waals surface area contributed by atoms with Crippen LogP contribution >= 0.6 is 7.92 Å². The highest BCUT2D eigenvalue weighted by atomic mass is 31.1. The SMILES string of the molecule is CCOc1cc(OCC)c(P(c2c(OCC)cc(OCC)cc2OCC)c2c(OCC)cc(OCC)cc2OCC)c(OCC)c1. The number of rotatable bonds is 21. The van der Waals surface area contributed by atoms with Crippen molar-refractivity contribution >= 4 is 23.8 Å². The van der Waals surface area contributed by atoms with Crippen molar-refractivity contribution in [3.63, 3.8) is 0 Å². The van der Waals surface area contributed by atoms with E-state index in [1.165, 1.54) is 0 Å². The average Bonchev–Trinajstić information content (AvgIpc) is 3.01. The van der Waals surface area contributed by atoms with Gasteiger partial charge < -0.3 is 42.6 Å². The van der Waals surface area contributed by atoms with Gasteiger partial charge in [-0.05, 0) is 62.3 Å². The summed E-state index contributed by atoms with van der Waals surface area (Å²) in [6, 6.07) is 11.5. The van der Waals surface area contributed by atoms with Gasteiger partial charge in [0.1, 0.15) is 51.7 Å². The first-order chi connectivity index (χ1) is 22.4. The van der Waals surface area contributed by atoms with Crippen molar-refractivity contribution in [1.82, 2.24) is 0 Å². The Morgan fingerprint density at radius 2 is 0.478 bits per heavy atom. The largest absolute Gasteiger partial charge is 0.494 e. The molecule has 0 fully saturated rings. The van der Waals surface area contributed by atoms with Gasteiger partial charge in [-0.25, -0.2) is 0 Å². The minimum absolute atomic E-state index is 0.428. The van der Waals surface area contributed by atoms with E-state index in [4.69, 9.17) is 42.6 Å². The molecule has 0 amide bonds. The van der Waals surface area contributed by atoms with Crippen LogP contribution in [0.2, 0.25) is 0 Å². The Morgan fingerprint density at radius 3 is 0.630 bits per heavy atom. The van der Waals surface area contributed by atoms with Crippen LogP contribution < -0.4 is 58.5 Å². The lowest BCUT2D eigenvalue weighted by molar-refractivity contribution is 0.310. The van der Waals surface area contributed by atoms with E-state index in [0.29, 0.717) is 111 Å². The first-order valence-corrected chi connectivity index (χ1v) is 17.8. The maximum absolute atomic E-state index is 6.40. The van der Waals surface area contributed by atoms with Crippen LogP contribution in [0.4, 0.5) is 0 Å². The number of ether oxygens (including phenoxy) is 9. The van der Waals surface area contributed by atoms with Gasteiger partial charge in [-0.3, -0.25) is 0 Å². The Balaban J connectivity index is 2.66. The quantitative estimate of drug-likeness (QED) is 0.112. The third kappa shape index (κ3) is 8.97. The van der Waals surface area contributed by atoms with Crippen molar-refractivity contribution in [3.05, 3.63) is 36.4 Å². The van der Waals surface area contributed by atoms with Gasteiger partial charge in [-0.2, -0.15) is 0 Å². The lowest BCUT2D eigenvalue weighted by Crippen LogP contribution is -2.29. The van der Waals surface area contributed by atoms with Crippen LogP contribution in [0.25, 0.3) is 0 Å². The second kappa shape index (κ2) is 19.1. The fraction of sp³-hybridized carbons (Fsp3) is 0.500. The summed E-state index contributed by atoms with van der Waals surface area (Å²) in [5, 5.41) is 2.46. The predicted molar refractivity (Wildman–Crippen MR) is 186 cm³/mol. The van der Waals surface area contributed by atoms with Gasteiger partial charge in [0.2, 0.25) is 0 Å². The van der Waals surface area contributed by atoms with Gasteiger partial charge in [0, 0.05) is 44.3 Å². The highest BCUT2D eigenvalue weighted by Crippen LogP contribution is 2.52. The summed E-state index contributed by atoms with van der Waals surface area (Å²) < 4.78 is 56.3. The van der Waals surface area contributed by atoms with Crippen LogP contribution in [-0.2, 0) is 0 Å². The molecule has 0 N–H and O–H groups in total. The van der Waals surface area contributed by atoms with E-state index in [9.17, 15) is 0 Å². The molecule has 254 valence electrons. The first-order valence-electron chi connectivity index (χ1n) is 16.4. The molecule has 0 saturated carbocycles. The Labute approximate surface area is 276 Å². The highest BCUT2D eigenvalue weighted by Gasteiger charge is 2.36. The summed E-state index contributed by atoms with van der Waals surface area (Å²) in [6.07, 6.45) is 0. The molecule has 0 heterocycles. The number of hydrogen-bond donors (Lipinski definition) is 0. The van der Waals surface area contributed by atoms with Crippen molar-refractivity contribution in [3.8, 4) is 51.7 Å². The molecule has 0 aliphatic rings. The normalized spacial score (nSPS) is 10.8. The van der Waals surface area contributed by atoms with Gasteiger partial charge in [0.25, 0.3) is 0 Å². The minimum Gasteiger partial charge on any atom is -0.494 e. The fourth-order valence-electron chi connectivity index (χ4n) is 5.01. The molecule has 0 aliphatic heterocycles. The second-order valence-electron chi connectivity index (χ2n) is 9.54. The van der Waals surface area contributed by atoms with Crippen molar-refractivity contribution in [2.45, 2.75) is 62.3 Å². The third-order valence-electron chi connectivity index (χ3n) is 6.44. The summed E-state index contributed by atoms with van der Waals surface area (Å²) >= 11 is 0. The summed E-state index contributed by atoms with van der Waals surface area (Å²) in [4.78, 5) is 0. The first kappa shape index (κ1) is 36.8. The Bertz CT molecular complexity index is 1130. The van der Waals surface area contributed by atoms with E-state index in [1.54, 1.807) is 0 Å². The van der Waals surface area contributed by atoms with E-state index in [-0.39, 0.29) is 0 Å². The van der Waals surface area contributed by atoms with E-state index >= 15 is 0 Å². The van der Waals surface area contributed by atoms with Crippen molar-refractivity contribution in [1.29, 1.82) is 0 Å². The van der Waals surface area contributed by atoms with E-state index < -0.39 is 7.92 Å². The highest BCUT2D eigenvalue weighted by molar-refractivity contribution is 7.81. The fourth-order valence-corrected chi connectivity index (χ4v) is 7.78. The van der Waals surface area contributed by atoms with Crippen LogP contribution in [0.1, 0.15) is 62.3 Å². The van der Waals surface area contributed by atoms with Crippen LogP contribution in [0.15, 0.2) is 36.4 Å². The topological polar surface area (TPSA) is 83.1 Å². The van der Waals surface area contributed by atoms with Crippen molar-refractivity contribution in [2.24, 2.45) is 0 Å². The maximum atomic E-state index is 6.40. The average molecular weight is 659 g/mol. The predicted octanol–water partition coefficient (Wildman–Crippen LogP) is 7.03. The lowest BCUT2D eigenvalue weighted by Gasteiger charge is -2.30. The number of hydrogen-bond acceptors (Lipinski definition) is 9. The van der Waals surface area contributed by atoms with Gasteiger partial charge in [0.05, 0.1) is 75.4 Å². The van der Waals surface area contributed by atoms with Crippen LogP contribution in [0.3, 0.4) is 0 Å². The molecular formula is C36H51O9P. The molecule has 9 nitrogen and oxygen atoms in total. The zero-order chi connectivity index (χ0) is 33.5. The Hall–Kier alpha value is -3.71. The third-order valence-corrected chi connectivity index (χ3v) is 9.11. The molecule has 0 spiro atoms. The molecule has 3 aromatic carbocycles. The molecule has 3 aromatic rings. The van der Waals surface area contributed by atoms with Gasteiger partial charge in [-0.1, -0.05) is 0 Å². The van der Waals surface area contributed by atoms with E-state index in [1.807, 2.05) is 98.7 Å². The summed E-state index contributed by atoms with van der Waals surface area (Å²) in [5.74, 6) is 5.70. The zero-order valence-corrected chi connectivity index (χ0v) is 29.8. The smallest absolute Gasteiger partial charge is 0.135 e. The summed E-state index contributed by atoms with van der Waals surface area (Å²) in [7, 11) is -1.62. The molecule has 0 unspecified atom stereocenters. The van der Waals surface area contributed by atoms with E-state index in [2.05, 4.69) is 0 Å². The molecule has 0 bridgehead atoms. The Morgan fingerprint density at radius 1 is 0.304 bits per heavy atom. The monoisotopic (exact) mass is 658 g/mol. The molecule has 3 rings (SSSR count). The van der Waals surface area contributed by atoms with Crippen LogP contribution in [-0.4, -0.2) is 59.5 Å². The van der Waals surface area contributed by atoms with Crippen molar-refractivity contribution in [2.75, 3.05) is 59.5 Å². The van der Waals surface area contributed by atoms with Gasteiger partial charge in [-0.15, -0.1) is 0 Å². The molecule has 10 heteroatoms. The van der Waals surface area contributed by atoms with Crippen LogP contribution in [0.5, 0.6) is 51.7 Å². The maximum Gasteiger partial charge on any atom is 0.135 e. The van der Waals surface area contributed by atoms with Crippen molar-refractivity contribution < 1.29 is 42.6 Å². The van der Waals surface area contributed by atoms with E-state index in [0.717, 1.165) is 15.9 Å². The van der Waals surface area contributed by atoms with Gasteiger partial charge in [0.15, 0.2) is 0 Å². The lowest BCUT2D eigenvalue weighted by atomic mass is 10.2. The standard InChI is InChI=1S/C36H51O9P/c1-10-37-25-19-28(40-13-4)34(29(20-25)41-14-5)46(35-30(42-15-6)21-26(38-11-2)22-31(35)43-16-7)36-32(44-17-8)23-27(39-12-3)24-33(36)45-18-9/h19-24H,10-18H2,1-9H3. The Kier molecular flexibility index (Phi) is 15.2. The molecule has 0 aliphatic carbocycles. The molecular weight excluding hydrogens is 607 g/mol. The molecule has 46 heavy (non-hydrogen) atoms. The molecule has 0 atom stereocenters. The second-order valence-corrected chi connectivity index (χ2v) is 11.5.